The zero-order valence-electron chi connectivity index (χ0n) is 39.7. The minimum Gasteiger partial charge on any atom is -0.464 e. The van der Waals surface area contributed by atoms with Crippen LogP contribution in [0.5, 0.6) is 0 Å². The van der Waals surface area contributed by atoms with E-state index in [0.29, 0.717) is 26.4 Å². The fourth-order valence-corrected chi connectivity index (χ4v) is 8.21. The lowest BCUT2D eigenvalue weighted by atomic mass is 10.0. The summed E-state index contributed by atoms with van der Waals surface area (Å²) in [6.07, 6.45) is 58.8. The first-order chi connectivity index (χ1) is 28.3. The van der Waals surface area contributed by atoms with Crippen LogP contribution in [0.3, 0.4) is 0 Å². The Balaban J connectivity index is 4.07. The Morgan fingerprint density at radius 1 is 0.298 bits per heavy atom. The predicted molar refractivity (Wildman–Crippen MR) is 252 cm³/mol. The van der Waals surface area contributed by atoms with Crippen LogP contribution < -0.4 is 0 Å². The molecule has 0 aromatic heterocycles. The summed E-state index contributed by atoms with van der Waals surface area (Å²) in [4.78, 5) is 13.0. The lowest BCUT2D eigenvalue weighted by Gasteiger charge is -2.17. The van der Waals surface area contributed by atoms with Gasteiger partial charge in [-0.05, 0) is 19.3 Å². The van der Waals surface area contributed by atoms with Gasteiger partial charge in [0.05, 0.1) is 13.2 Å². The van der Waals surface area contributed by atoms with E-state index in [9.17, 15) is 4.79 Å². The van der Waals surface area contributed by atoms with E-state index in [0.717, 1.165) is 25.7 Å². The minimum atomic E-state index is -0.584. The number of rotatable bonds is 51. The topological polar surface area (TPSA) is 44.8 Å². The fourth-order valence-electron chi connectivity index (χ4n) is 8.21. The van der Waals surface area contributed by atoms with Crippen LogP contribution in [-0.2, 0) is 19.0 Å². The van der Waals surface area contributed by atoms with Gasteiger partial charge in [0.15, 0.2) is 6.10 Å². The van der Waals surface area contributed by atoms with Crippen LogP contribution in [0.1, 0.15) is 303 Å². The number of carbonyl (C=O) groups excluding carboxylic acids is 1. The predicted octanol–water partition coefficient (Wildman–Crippen LogP) is 18.2. The van der Waals surface area contributed by atoms with Crippen molar-refractivity contribution in [1.82, 2.24) is 0 Å². The summed E-state index contributed by atoms with van der Waals surface area (Å²) in [5.74, 6) is -0.220. The third-order valence-corrected chi connectivity index (χ3v) is 12.2. The van der Waals surface area contributed by atoms with Crippen molar-refractivity contribution in [2.24, 2.45) is 0 Å². The van der Waals surface area contributed by atoms with Crippen molar-refractivity contribution in [2.75, 3.05) is 26.4 Å². The van der Waals surface area contributed by atoms with Crippen molar-refractivity contribution in [3.63, 3.8) is 0 Å². The first-order valence-corrected chi connectivity index (χ1v) is 26.6. The number of unbranched alkanes of at least 4 members (excludes halogenated alkanes) is 41. The van der Waals surface area contributed by atoms with E-state index in [1.165, 1.54) is 257 Å². The average molecular weight is 807 g/mol. The summed E-state index contributed by atoms with van der Waals surface area (Å²) in [7, 11) is 0. The molecule has 0 aromatic rings. The molecule has 0 aliphatic rings. The first kappa shape index (κ1) is 56.4. The van der Waals surface area contributed by atoms with Gasteiger partial charge in [0.2, 0.25) is 0 Å². The van der Waals surface area contributed by atoms with Crippen molar-refractivity contribution in [1.29, 1.82) is 0 Å². The molecule has 0 fully saturated rings. The van der Waals surface area contributed by atoms with E-state index in [2.05, 4.69) is 20.8 Å². The molecule has 57 heavy (non-hydrogen) atoms. The number of hydrogen-bond donors (Lipinski definition) is 0. The van der Waals surface area contributed by atoms with Gasteiger partial charge in [-0.15, -0.1) is 0 Å². The Morgan fingerprint density at radius 2 is 0.526 bits per heavy atom. The van der Waals surface area contributed by atoms with Crippen molar-refractivity contribution in [2.45, 2.75) is 309 Å². The van der Waals surface area contributed by atoms with Gasteiger partial charge in [0.25, 0.3) is 0 Å². The maximum Gasteiger partial charge on any atom is 0.337 e. The quantitative estimate of drug-likeness (QED) is 0.0454. The van der Waals surface area contributed by atoms with Crippen molar-refractivity contribution in [3.05, 3.63) is 0 Å². The van der Waals surface area contributed by atoms with Gasteiger partial charge in [-0.3, -0.25) is 0 Å². The first-order valence-electron chi connectivity index (χ1n) is 26.6. The zero-order valence-corrected chi connectivity index (χ0v) is 39.7. The Hall–Kier alpha value is -0.610. The summed E-state index contributed by atoms with van der Waals surface area (Å²) < 4.78 is 17.9. The van der Waals surface area contributed by atoms with Gasteiger partial charge in [-0.25, -0.2) is 4.79 Å². The molecule has 0 radical (unpaired) electrons. The fraction of sp³-hybridized carbons (Fsp3) is 0.981. The van der Waals surface area contributed by atoms with Crippen LogP contribution in [0.25, 0.3) is 0 Å². The third kappa shape index (κ3) is 47.9. The standard InChI is InChI=1S/C53H106O4/c1-4-7-10-13-16-19-22-25-28-29-32-35-38-41-44-47-50-57-53(54)52(56-49-46-43-40-37-34-31-27-24-21-18-15-12-9-6-3)51-55-48-45-42-39-36-33-30-26-23-20-17-14-11-8-5-2/h52H,4-51H2,1-3H3. The zero-order chi connectivity index (χ0) is 41.2. The van der Waals surface area contributed by atoms with Gasteiger partial charge >= 0.3 is 5.97 Å². The Morgan fingerprint density at radius 3 is 0.807 bits per heavy atom. The number of ether oxygens (including phenoxy) is 3. The minimum absolute atomic E-state index is 0.220. The number of carbonyl (C=O) groups is 1. The van der Waals surface area contributed by atoms with Crippen LogP contribution in [0, 0.1) is 0 Å². The van der Waals surface area contributed by atoms with Crippen LogP contribution in [-0.4, -0.2) is 38.5 Å². The molecule has 0 aliphatic heterocycles. The average Bonchev–Trinajstić information content (AvgIpc) is 3.22. The van der Waals surface area contributed by atoms with E-state index in [4.69, 9.17) is 14.2 Å². The van der Waals surface area contributed by atoms with Crippen LogP contribution in [0.2, 0.25) is 0 Å². The summed E-state index contributed by atoms with van der Waals surface area (Å²) in [5.41, 5.74) is 0. The lowest BCUT2D eigenvalue weighted by Crippen LogP contribution is -2.32. The largest absolute Gasteiger partial charge is 0.464 e. The monoisotopic (exact) mass is 807 g/mol. The van der Waals surface area contributed by atoms with Gasteiger partial charge < -0.3 is 14.2 Å². The highest BCUT2D eigenvalue weighted by Crippen LogP contribution is 2.17. The lowest BCUT2D eigenvalue weighted by molar-refractivity contribution is -0.161. The molecule has 0 heterocycles. The Bertz CT molecular complexity index is 726. The van der Waals surface area contributed by atoms with Crippen LogP contribution >= 0.6 is 0 Å². The van der Waals surface area contributed by atoms with E-state index in [-0.39, 0.29) is 5.97 Å². The number of esters is 1. The molecule has 0 bridgehead atoms. The van der Waals surface area contributed by atoms with Gasteiger partial charge in [0, 0.05) is 13.2 Å². The maximum atomic E-state index is 13.0. The Labute approximate surface area is 359 Å². The van der Waals surface area contributed by atoms with Gasteiger partial charge in [-0.1, -0.05) is 284 Å². The smallest absolute Gasteiger partial charge is 0.337 e. The molecule has 4 nitrogen and oxygen atoms in total. The maximum absolute atomic E-state index is 13.0. The molecule has 4 heteroatoms. The normalized spacial score (nSPS) is 12.1. The van der Waals surface area contributed by atoms with Gasteiger partial charge in [-0.2, -0.15) is 0 Å². The summed E-state index contributed by atoms with van der Waals surface area (Å²) in [5, 5.41) is 0. The summed E-state index contributed by atoms with van der Waals surface area (Å²) in [6.45, 7) is 9.05. The molecular formula is C53H106O4. The molecule has 0 spiro atoms. The molecule has 342 valence electrons. The summed E-state index contributed by atoms with van der Waals surface area (Å²) >= 11 is 0. The molecular weight excluding hydrogens is 701 g/mol. The van der Waals surface area contributed by atoms with Crippen LogP contribution in [0.4, 0.5) is 0 Å². The van der Waals surface area contributed by atoms with E-state index < -0.39 is 6.10 Å². The molecule has 0 aromatic carbocycles. The molecule has 0 N–H and O–H groups in total. The molecule has 0 aliphatic carbocycles. The molecule has 1 unspecified atom stereocenters. The van der Waals surface area contributed by atoms with Gasteiger partial charge in [0.1, 0.15) is 0 Å². The van der Waals surface area contributed by atoms with E-state index >= 15 is 0 Å². The second-order valence-corrected chi connectivity index (χ2v) is 18.1. The SMILES string of the molecule is CCCCCCCCCCCCCCCCCCOC(=O)C(COCCCCCCCCCCCCCCCC)OCCCCCCCCCCCCCCCC. The highest BCUT2D eigenvalue weighted by molar-refractivity contribution is 5.74. The molecule has 0 amide bonds. The highest BCUT2D eigenvalue weighted by Gasteiger charge is 2.21. The summed E-state index contributed by atoms with van der Waals surface area (Å²) in [6, 6.07) is 0. The molecule has 0 saturated carbocycles. The highest BCUT2D eigenvalue weighted by atomic mass is 16.6. The van der Waals surface area contributed by atoms with Crippen molar-refractivity contribution in [3.8, 4) is 0 Å². The van der Waals surface area contributed by atoms with Crippen molar-refractivity contribution < 1.29 is 19.0 Å². The van der Waals surface area contributed by atoms with Crippen LogP contribution in [0.15, 0.2) is 0 Å². The van der Waals surface area contributed by atoms with Crippen molar-refractivity contribution >= 4 is 5.97 Å². The van der Waals surface area contributed by atoms with E-state index in [1.54, 1.807) is 0 Å². The second kappa shape index (κ2) is 51.5. The Kier molecular flexibility index (Phi) is 51.0. The number of hydrogen-bond acceptors (Lipinski definition) is 4. The molecule has 0 rings (SSSR count). The third-order valence-electron chi connectivity index (χ3n) is 12.2. The molecule has 0 saturated heterocycles. The second-order valence-electron chi connectivity index (χ2n) is 18.1. The molecule has 1 atom stereocenters. The van der Waals surface area contributed by atoms with E-state index in [1.807, 2.05) is 0 Å².